The minimum atomic E-state index is -0.561. The van der Waals surface area contributed by atoms with Crippen molar-refractivity contribution in [3.05, 3.63) is 46.1 Å². The lowest BCUT2D eigenvalue weighted by atomic mass is 10.2. The van der Waals surface area contributed by atoms with Crippen LogP contribution < -0.4 is 14.8 Å². The predicted octanol–water partition coefficient (Wildman–Crippen LogP) is 0.329. The van der Waals surface area contributed by atoms with Crippen LogP contribution in [0.1, 0.15) is 16.2 Å². The van der Waals surface area contributed by atoms with Gasteiger partial charge < -0.3 is 15.7 Å². The van der Waals surface area contributed by atoms with E-state index in [1.165, 1.54) is 24.9 Å². The number of hydrogen-bond acceptors (Lipinski definition) is 4. The van der Waals surface area contributed by atoms with Crippen LogP contribution in [0.3, 0.4) is 0 Å². The molecule has 0 spiro atoms. The summed E-state index contributed by atoms with van der Waals surface area (Å²) in [6.45, 7) is 0. The number of aromatic nitrogens is 2. The lowest BCUT2D eigenvalue weighted by Gasteiger charge is -2.11. The lowest BCUT2D eigenvalue weighted by molar-refractivity contribution is -0.635. The van der Waals surface area contributed by atoms with Gasteiger partial charge in [-0.3, -0.25) is 4.79 Å². The van der Waals surface area contributed by atoms with Crippen molar-refractivity contribution in [1.82, 2.24) is 5.32 Å². The van der Waals surface area contributed by atoms with Crippen LogP contribution in [0.25, 0.3) is 11.0 Å². The van der Waals surface area contributed by atoms with E-state index in [4.69, 9.17) is 0 Å². The number of para-hydroxylation sites is 2. The molecule has 1 aromatic heterocycles. The molecule has 0 aliphatic carbocycles. The normalized spacial score (nSPS) is 10.6. The highest BCUT2D eigenvalue weighted by atomic mass is 32.2. The molecule has 100 valence electrons. The summed E-state index contributed by atoms with van der Waals surface area (Å²) in [7, 11) is 1.43. The van der Waals surface area contributed by atoms with Gasteiger partial charge in [0, 0.05) is 19.2 Å². The molecule has 0 atom stereocenters. The molecule has 0 saturated carbocycles. The Morgan fingerprint density at radius 1 is 1.26 bits per heavy atom. The molecule has 0 bridgehead atoms. The van der Waals surface area contributed by atoms with Crippen LogP contribution in [0.2, 0.25) is 0 Å². The maximum Gasteiger partial charge on any atom is 0.352 e. The van der Waals surface area contributed by atoms with Gasteiger partial charge in [-0.15, -0.1) is 4.73 Å². The molecule has 0 unspecified atom stereocenters. The van der Waals surface area contributed by atoms with E-state index in [1.807, 2.05) is 0 Å². The number of carbonyl (C=O) groups is 1. The standard InChI is InChI=1S/C12H13N3O3S/c1-13-12(16)11-10(7-19-2)14(17)8-5-3-4-6-9(8)15(11)18/h3-6H,7H2,1-2H3,(H,13,16). The van der Waals surface area contributed by atoms with Crippen LogP contribution in [0.15, 0.2) is 24.3 Å². The average molecular weight is 279 g/mol. The van der Waals surface area contributed by atoms with Gasteiger partial charge in [0.15, 0.2) is 0 Å². The second-order valence-electron chi connectivity index (χ2n) is 3.88. The highest BCUT2D eigenvalue weighted by Crippen LogP contribution is 2.13. The number of carbonyl (C=O) groups excluding carboxylic acids is 1. The Labute approximate surface area is 114 Å². The summed E-state index contributed by atoms with van der Waals surface area (Å²) in [5.41, 5.74) is 0.459. The molecule has 1 N–H and O–H groups in total. The van der Waals surface area contributed by atoms with Gasteiger partial charge >= 0.3 is 11.6 Å². The number of nitrogens with zero attached hydrogens (tertiary/aromatic N) is 2. The molecule has 19 heavy (non-hydrogen) atoms. The summed E-state index contributed by atoms with van der Waals surface area (Å²) in [5.74, 6) is -0.270. The van der Waals surface area contributed by atoms with E-state index in [-0.39, 0.29) is 22.4 Å². The first kappa shape index (κ1) is 13.4. The summed E-state index contributed by atoms with van der Waals surface area (Å²) in [4.78, 5) is 11.8. The van der Waals surface area contributed by atoms with Crippen LogP contribution >= 0.6 is 11.8 Å². The zero-order valence-electron chi connectivity index (χ0n) is 10.5. The van der Waals surface area contributed by atoms with Crippen molar-refractivity contribution >= 4 is 28.7 Å². The minimum Gasteiger partial charge on any atom is -0.618 e. The fourth-order valence-electron chi connectivity index (χ4n) is 1.89. The molecular formula is C12H13N3O3S. The molecule has 2 aromatic rings. The quantitative estimate of drug-likeness (QED) is 0.648. The number of rotatable bonds is 3. The van der Waals surface area contributed by atoms with Crippen molar-refractivity contribution in [2.75, 3.05) is 13.3 Å². The highest BCUT2D eigenvalue weighted by Gasteiger charge is 2.32. The van der Waals surface area contributed by atoms with Gasteiger partial charge in [-0.1, -0.05) is 12.1 Å². The first-order chi connectivity index (χ1) is 9.11. The van der Waals surface area contributed by atoms with Crippen LogP contribution in [-0.2, 0) is 5.75 Å². The largest absolute Gasteiger partial charge is 0.618 e. The third-order valence-corrected chi connectivity index (χ3v) is 3.33. The monoisotopic (exact) mass is 279 g/mol. The molecule has 0 aliphatic heterocycles. The molecule has 7 heteroatoms. The zero-order chi connectivity index (χ0) is 14.0. The van der Waals surface area contributed by atoms with Crippen molar-refractivity contribution in [3.8, 4) is 0 Å². The summed E-state index contributed by atoms with van der Waals surface area (Å²) >= 11 is 1.38. The topological polar surface area (TPSA) is 83.0 Å². The van der Waals surface area contributed by atoms with Gasteiger partial charge in [-0.2, -0.15) is 16.5 Å². The SMILES string of the molecule is CNC(=O)c1c(CSC)[n+]([O-])c2ccccc2[n+]1[O-]. The van der Waals surface area contributed by atoms with Crippen molar-refractivity contribution in [1.29, 1.82) is 0 Å². The van der Waals surface area contributed by atoms with E-state index in [9.17, 15) is 15.2 Å². The van der Waals surface area contributed by atoms with Crippen molar-refractivity contribution < 1.29 is 14.3 Å². The molecule has 1 aromatic carbocycles. The van der Waals surface area contributed by atoms with Crippen LogP contribution in [0.4, 0.5) is 0 Å². The van der Waals surface area contributed by atoms with E-state index in [0.29, 0.717) is 15.2 Å². The number of nitrogens with one attached hydrogen (secondary N) is 1. The summed E-state index contributed by atoms with van der Waals surface area (Å²) in [6, 6.07) is 6.41. The Balaban J connectivity index is 2.87. The number of amides is 1. The molecule has 0 radical (unpaired) electrons. The fraction of sp³-hybridized carbons (Fsp3) is 0.250. The van der Waals surface area contributed by atoms with E-state index in [1.54, 1.807) is 24.5 Å². The number of fused-ring (bicyclic) bond motifs is 1. The van der Waals surface area contributed by atoms with Crippen molar-refractivity contribution in [2.24, 2.45) is 0 Å². The Morgan fingerprint density at radius 2 is 1.84 bits per heavy atom. The number of thioether (sulfide) groups is 1. The molecule has 2 rings (SSSR count). The zero-order valence-corrected chi connectivity index (χ0v) is 11.4. The van der Waals surface area contributed by atoms with Crippen molar-refractivity contribution in [2.45, 2.75) is 5.75 Å². The van der Waals surface area contributed by atoms with Crippen LogP contribution in [0.5, 0.6) is 0 Å². The second kappa shape index (κ2) is 5.31. The Hall–Kier alpha value is -2.02. The number of hydrogen-bond donors (Lipinski definition) is 1. The molecule has 0 saturated heterocycles. The highest BCUT2D eigenvalue weighted by molar-refractivity contribution is 7.97. The smallest absolute Gasteiger partial charge is 0.352 e. The third-order valence-electron chi connectivity index (χ3n) is 2.76. The number of benzene rings is 1. The van der Waals surface area contributed by atoms with E-state index in [0.717, 1.165) is 0 Å². The Morgan fingerprint density at radius 3 is 2.37 bits per heavy atom. The molecule has 1 amide bonds. The molecular weight excluding hydrogens is 266 g/mol. The van der Waals surface area contributed by atoms with Crippen LogP contribution in [-0.4, -0.2) is 19.2 Å². The van der Waals surface area contributed by atoms with E-state index in [2.05, 4.69) is 5.32 Å². The first-order valence-electron chi connectivity index (χ1n) is 5.59. The maximum atomic E-state index is 12.3. The van der Waals surface area contributed by atoms with Gasteiger partial charge in [0.2, 0.25) is 0 Å². The van der Waals surface area contributed by atoms with Gasteiger partial charge in [-0.25, -0.2) is 0 Å². The second-order valence-corrected chi connectivity index (χ2v) is 4.75. The Kier molecular flexibility index (Phi) is 3.75. The first-order valence-corrected chi connectivity index (χ1v) is 6.99. The molecule has 0 fully saturated rings. The fourth-order valence-corrected chi connectivity index (χ4v) is 2.42. The molecule has 1 heterocycles. The van der Waals surface area contributed by atoms with E-state index < -0.39 is 5.91 Å². The maximum absolute atomic E-state index is 12.3. The van der Waals surface area contributed by atoms with Gasteiger partial charge in [-0.05, 0) is 6.26 Å². The summed E-state index contributed by atoms with van der Waals surface area (Å²) in [6.07, 6.45) is 1.80. The Bertz CT molecular complexity index is 646. The predicted molar refractivity (Wildman–Crippen MR) is 72.5 cm³/mol. The molecule has 6 nitrogen and oxygen atoms in total. The van der Waals surface area contributed by atoms with Crippen LogP contribution in [0, 0.1) is 10.4 Å². The minimum absolute atomic E-state index is 0.148. The summed E-state index contributed by atoms with van der Waals surface area (Å²) < 4.78 is 1.18. The van der Waals surface area contributed by atoms with Crippen molar-refractivity contribution in [3.63, 3.8) is 0 Å². The van der Waals surface area contributed by atoms with Gasteiger partial charge in [0.1, 0.15) is 0 Å². The average Bonchev–Trinajstić information content (AvgIpc) is 2.44. The molecule has 0 aliphatic rings. The van der Waals surface area contributed by atoms with Gasteiger partial charge in [0.05, 0.1) is 5.75 Å². The van der Waals surface area contributed by atoms with E-state index >= 15 is 0 Å². The third kappa shape index (κ3) is 2.17. The summed E-state index contributed by atoms with van der Waals surface area (Å²) in [5, 5.41) is 26.9. The lowest BCUT2D eigenvalue weighted by Crippen LogP contribution is -2.49. The van der Waals surface area contributed by atoms with Gasteiger partial charge in [0.25, 0.3) is 16.7 Å².